The molecule has 0 saturated carbocycles. The summed E-state index contributed by atoms with van der Waals surface area (Å²) in [5, 5.41) is 15.3. The number of nitrogens with one attached hydrogen (secondary N) is 2. The average molecular weight is 322 g/mol. The maximum Gasteiger partial charge on any atom is 0.258 e. The highest BCUT2D eigenvalue weighted by Gasteiger charge is 2.18. The lowest BCUT2D eigenvalue weighted by molar-refractivity contribution is 0.0952. The van der Waals surface area contributed by atoms with E-state index in [0.717, 1.165) is 11.1 Å². The molecule has 2 N–H and O–H groups in total. The first kappa shape index (κ1) is 14.3. The molecule has 0 atom stereocenters. The first-order valence-corrected chi connectivity index (χ1v) is 7.43. The summed E-state index contributed by atoms with van der Waals surface area (Å²) in [6.07, 6.45) is 1.68. The van der Waals surface area contributed by atoms with Gasteiger partial charge >= 0.3 is 0 Å². The van der Waals surface area contributed by atoms with Crippen LogP contribution in [0.2, 0.25) is 0 Å². The Morgan fingerprint density at radius 2 is 2.25 bits per heavy atom. The van der Waals surface area contributed by atoms with Crippen molar-refractivity contribution in [3.8, 4) is 0 Å². The maximum atomic E-state index is 12.6. The van der Waals surface area contributed by atoms with Crippen molar-refractivity contribution in [1.82, 2.24) is 30.6 Å². The summed E-state index contributed by atoms with van der Waals surface area (Å²) in [5.74, 6) is -0.219. The molecule has 0 bridgehead atoms. The second kappa shape index (κ2) is 5.41. The monoisotopic (exact) mass is 322 g/mol. The highest BCUT2D eigenvalue weighted by Crippen LogP contribution is 2.22. The number of hydrogen-bond donors (Lipinski definition) is 2. The average Bonchev–Trinajstić information content (AvgIpc) is 3.16. The minimum Gasteiger partial charge on any atom is -0.346 e. The molecular formula is C16H14N6O2. The molecule has 0 radical (unpaired) electrons. The minimum absolute atomic E-state index is 0.219. The molecule has 8 heteroatoms. The van der Waals surface area contributed by atoms with E-state index in [1.807, 2.05) is 19.1 Å². The number of rotatable bonds is 3. The van der Waals surface area contributed by atoms with Crippen molar-refractivity contribution >= 4 is 28.0 Å². The van der Waals surface area contributed by atoms with Gasteiger partial charge in [0.15, 0.2) is 5.65 Å². The van der Waals surface area contributed by atoms with Crippen molar-refractivity contribution in [2.45, 2.75) is 20.4 Å². The van der Waals surface area contributed by atoms with Crippen LogP contribution in [0.1, 0.15) is 27.4 Å². The number of aromatic nitrogens is 5. The van der Waals surface area contributed by atoms with Crippen LogP contribution in [0.4, 0.5) is 0 Å². The highest BCUT2D eigenvalue weighted by atomic mass is 16.5. The predicted octanol–water partition coefficient (Wildman–Crippen LogP) is 2.04. The zero-order chi connectivity index (χ0) is 16.7. The van der Waals surface area contributed by atoms with E-state index in [2.05, 4.69) is 30.6 Å². The number of nitrogens with zero attached hydrogens (tertiary/aromatic N) is 4. The standard InChI is InChI=1S/C16H14N6O2/c1-8-6-11(13-9(2)22-24-16(13)19-8)15(23)18-7-12-10-4-3-5-17-14(10)21-20-12/h3-6H,7H2,1-2H3,(H,18,23)(H,17,20,21). The number of H-pyrrole nitrogens is 1. The summed E-state index contributed by atoms with van der Waals surface area (Å²) in [7, 11) is 0. The molecular weight excluding hydrogens is 308 g/mol. The van der Waals surface area contributed by atoms with E-state index in [4.69, 9.17) is 4.52 Å². The van der Waals surface area contributed by atoms with Gasteiger partial charge in [0.1, 0.15) is 0 Å². The van der Waals surface area contributed by atoms with Crippen molar-refractivity contribution in [1.29, 1.82) is 0 Å². The van der Waals surface area contributed by atoms with Crippen LogP contribution >= 0.6 is 0 Å². The molecule has 1 amide bonds. The third kappa shape index (κ3) is 2.28. The summed E-state index contributed by atoms with van der Waals surface area (Å²) in [6, 6.07) is 5.47. The lowest BCUT2D eigenvalue weighted by Crippen LogP contribution is -2.23. The maximum absolute atomic E-state index is 12.6. The van der Waals surface area contributed by atoms with E-state index in [0.29, 0.717) is 40.2 Å². The molecule has 0 spiro atoms. The van der Waals surface area contributed by atoms with E-state index in [1.54, 1.807) is 19.2 Å². The Kier molecular flexibility index (Phi) is 3.23. The Labute approximate surface area is 136 Å². The number of aromatic amines is 1. The second-order valence-corrected chi connectivity index (χ2v) is 5.52. The smallest absolute Gasteiger partial charge is 0.258 e. The minimum atomic E-state index is -0.219. The van der Waals surface area contributed by atoms with Gasteiger partial charge < -0.3 is 9.84 Å². The second-order valence-electron chi connectivity index (χ2n) is 5.52. The van der Waals surface area contributed by atoms with Crippen LogP contribution in [-0.4, -0.2) is 31.2 Å². The van der Waals surface area contributed by atoms with E-state index >= 15 is 0 Å². The molecule has 4 heterocycles. The zero-order valence-electron chi connectivity index (χ0n) is 13.1. The normalized spacial score (nSPS) is 11.2. The third-order valence-electron chi connectivity index (χ3n) is 3.82. The van der Waals surface area contributed by atoms with E-state index < -0.39 is 0 Å². The van der Waals surface area contributed by atoms with Gasteiger partial charge in [0.2, 0.25) is 0 Å². The van der Waals surface area contributed by atoms with Gasteiger partial charge in [-0.3, -0.25) is 9.89 Å². The molecule has 0 aliphatic rings. The summed E-state index contributed by atoms with van der Waals surface area (Å²) in [6.45, 7) is 3.91. The van der Waals surface area contributed by atoms with Crippen molar-refractivity contribution in [3.05, 3.63) is 47.0 Å². The molecule has 0 fully saturated rings. The van der Waals surface area contributed by atoms with Crippen LogP contribution in [-0.2, 0) is 6.54 Å². The molecule has 0 aliphatic heterocycles. The van der Waals surface area contributed by atoms with Gasteiger partial charge in [-0.1, -0.05) is 5.16 Å². The Hall–Kier alpha value is -3.29. The quantitative estimate of drug-likeness (QED) is 0.597. The predicted molar refractivity (Wildman–Crippen MR) is 86.3 cm³/mol. The van der Waals surface area contributed by atoms with Crippen LogP contribution in [0.5, 0.6) is 0 Å². The van der Waals surface area contributed by atoms with Crippen molar-refractivity contribution < 1.29 is 9.32 Å². The van der Waals surface area contributed by atoms with Gasteiger partial charge in [-0.25, -0.2) is 9.97 Å². The van der Waals surface area contributed by atoms with Crippen molar-refractivity contribution in [3.63, 3.8) is 0 Å². The van der Waals surface area contributed by atoms with Crippen LogP contribution in [0.25, 0.3) is 22.1 Å². The number of carbonyl (C=O) groups is 1. The van der Waals surface area contributed by atoms with Crippen LogP contribution in [0.15, 0.2) is 28.9 Å². The summed E-state index contributed by atoms with van der Waals surface area (Å²) >= 11 is 0. The van der Waals surface area contributed by atoms with Gasteiger partial charge in [0.05, 0.1) is 28.9 Å². The molecule has 4 rings (SSSR count). The summed E-state index contributed by atoms with van der Waals surface area (Å²) in [4.78, 5) is 21.1. The first-order chi connectivity index (χ1) is 11.6. The van der Waals surface area contributed by atoms with Crippen molar-refractivity contribution in [2.75, 3.05) is 0 Å². The molecule has 0 unspecified atom stereocenters. The number of hydrogen-bond acceptors (Lipinski definition) is 6. The Balaban J connectivity index is 1.64. The van der Waals surface area contributed by atoms with Gasteiger partial charge in [0, 0.05) is 17.3 Å². The number of carbonyl (C=O) groups excluding carboxylic acids is 1. The van der Waals surface area contributed by atoms with Gasteiger partial charge in [-0.05, 0) is 32.0 Å². The fraction of sp³-hybridized carbons (Fsp3) is 0.188. The summed E-state index contributed by atoms with van der Waals surface area (Å²) < 4.78 is 5.16. The lowest BCUT2D eigenvalue weighted by atomic mass is 10.1. The zero-order valence-corrected chi connectivity index (χ0v) is 13.1. The fourth-order valence-electron chi connectivity index (χ4n) is 2.70. The number of fused-ring (bicyclic) bond motifs is 2. The Morgan fingerprint density at radius 3 is 3.12 bits per heavy atom. The number of pyridine rings is 2. The van der Waals surface area contributed by atoms with Gasteiger partial charge in [-0.2, -0.15) is 5.10 Å². The van der Waals surface area contributed by atoms with E-state index in [9.17, 15) is 4.79 Å². The molecule has 8 nitrogen and oxygen atoms in total. The molecule has 0 aromatic carbocycles. The third-order valence-corrected chi connectivity index (χ3v) is 3.82. The van der Waals surface area contributed by atoms with Crippen LogP contribution in [0, 0.1) is 13.8 Å². The molecule has 4 aromatic rings. The Bertz CT molecular complexity index is 1060. The summed E-state index contributed by atoms with van der Waals surface area (Å²) in [5.41, 5.74) is 3.63. The molecule has 120 valence electrons. The SMILES string of the molecule is Cc1cc(C(=O)NCc2[nH]nc3ncccc23)c2c(C)noc2n1. The highest BCUT2D eigenvalue weighted by molar-refractivity contribution is 6.06. The van der Waals surface area contributed by atoms with E-state index in [1.165, 1.54) is 0 Å². The number of aryl methyl sites for hydroxylation is 2. The van der Waals surface area contributed by atoms with E-state index in [-0.39, 0.29) is 5.91 Å². The first-order valence-electron chi connectivity index (χ1n) is 7.43. The topological polar surface area (TPSA) is 110 Å². The van der Waals surface area contributed by atoms with Crippen LogP contribution < -0.4 is 5.32 Å². The Morgan fingerprint density at radius 1 is 1.38 bits per heavy atom. The van der Waals surface area contributed by atoms with Gasteiger partial charge in [-0.15, -0.1) is 0 Å². The molecule has 4 aromatic heterocycles. The van der Waals surface area contributed by atoms with Crippen molar-refractivity contribution in [2.24, 2.45) is 0 Å². The fourth-order valence-corrected chi connectivity index (χ4v) is 2.70. The van der Waals surface area contributed by atoms with Crippen LogP contribution in [0.3, 0.4) is 0 Å². The number of amides is 1. The largest absolute Gasteiger partial charge is 0.346 e. The molecule has 0 aliphatic carbocycles. The molecule has 0 saturated heterocycles. The lowest BCUT2D eigenvalue weighted by Gasteiger charge is -2.06. The van der Waals surface area contributed by atoms with Gasteiger partial charge in [0.25, 0.3) is 11.6 Å². The molecule has 24 heavy (non-hydrogen) atoms.